The van der Waals surface area contributed by atoms with Crippen LogP contribution in [0.1, 0.15) is 37.0 Å². The number of nitrogen functional groups attached to an aromatic ring is 1. The summed E-state index contributed by atoms with van der Waals surface area (Å²) < 4.78 is 0.875. The quantitative estimate of drug-likeness (QED) is 0.738. The maximum Gasteiger partial charge on any atom is 0.253 e. The van der Waals surface area contributed by atoms with Crippen LogP contribution in [0.4, 0.5) is 5.69 Å². The highest BCUT2D eigenvalue weighted by molar-refractivity contribution is 9.10. The second-order valence-electron chi connectivity index (χ2n) is 5.55. The van der Waals surface area contributed by atoms with Gasteiger partial charge in [-0.2, -0.15) is 0 Å². The van der Waals surface area contributed by atoms with Gasteiger partial charge in [0.15, 0.2) is 0 Å². The number of carbonyl (C=O) groups is 1. The van der Waals surface area contributed by atoms with E-state index >= 15 is 0 Å². The Morgan fingerprint density at radius 3 is 2.43 bits per heavy atom. The molecule has 118 valence electrons. The lowest BCUT2D eigenvalue weighted by atomic mass is 9.93. The van der Waals surface area contributed by atoms with Crippen LogP contribution in [0.25, 0.3) is 0 Å². The number of nitrogens with zero attached hydrogens (tertiary/aromatic N) is 1. The highest BCUT2D eigenvalue weighted by Crippen LogP contribution is 2.19. The van der Waals surface area contributed by atoms with E-state index in [9.17, 15) is 4.79 Å². The number of amides is 1. The first-order valence-electron chi connectivity index (χ1n) is 7.40. The molecule has 1 rings (SSSR count). The number of likely N-dealkylation sites (N-methyl/N-ethyl adjacent to an activating group) is 1. The SMILES string of the molecule is CCC(CC)C(CNC(=O)c1ccc(Br)cc1N)N(C)C. The Morgan fingerprint density at radius 2 is 1.95 bits per heavy atom. The second kappa shape index (κ2) is 8.39. The van der Waals surface area contributed by atoms with Crippen molar-refractivity contribution in [3.63, 3.8) is 0 Å². The summed E-state index contributed by atoms with van der Waals surface area (Å²) >= 11 is 3.35. The molecule has 0 saturated carbocycles. The molecule has 0 spiro atoms. The Morgan fingerprint density at radius 1 is 1.33 bits per heavy atom. The van der Waals surface area contributed by atoms with Crippen molar-refractivity contribution in [2.45, 2.75) is 32.7 Å². The molecule has 0 fully saturated rings. The number of benzene rings is 1. The van der Waals surface area contributed by atoms with Crippen LogP contribution in [0.2, 0.25) is 0 Å². The second-order valence-corrected chi connectivity index (χ2v) is 6.46. The minimum Gasteiger partial charge on any atom is -0.398 e. The molecule has 1 amide bonds. The normalized spacial score (nSPS) is 12.7. The first-order valence-corrected chi connectivity index (χ1v) is 8.19. The molecular weight excluding hydrogens is 330 g/mol. The first kappa shape index (κ1) is 18.0. The monoisotopic (exact) mass is 355 g/mol. The van der Waals surface area contributed by atoms with E-state index in [0.717, 1.165) is 17.3 Å². The van der Waals surface area contributed by atoms with Crippen LogP contribution < -0.4 is 11.1 Å². The average Bonchev–Trinajstić information content (AvgIpc) is 2.42. The van der Waals surface area contributed by atoms with Crippen molar-refractivity contribution in [2.75, 3.05) is 26.4 Å². The van der Waals surface area contributed by atoms with Crippen molar-refractivity contribution < 1.29 is 4.79 Å². The van der Waals surface area contributed by atoms with Gasteiger partial charge in [-0.3, -0.25) is 4.79 Å². The Labute approximate surface area is 136 Å². The summed E-state index contributed by atoms with van der Waals surface area (Å²) in [6, 6.07) is 5.66. The largest absolute Gasteiger partial charge is 0.398 e. The van der Waals surface area contributed by atoms with Gasteiger partial charge in [0.2, 0.25) is 0 Å². The van der Waals surface area contributed by atoms with Gasteiger partial charge in [0, 0.05) is 22.7 Å². The number of anilines is 1. The molecule has 0 heterocycles. The van der Waals surface area contributed by atoms with E-state index in [1.807, 2.05) is 6.07 Å². The standard InChI is InChI=1S/C16H26BrN3O/c1-5-11(6-2)15(20(3)4)10-19-16(21)13-8-7-12(17)9-14(13)18/h7-9,11,15H,5-6,10,18H2,1-4H3,(H,19,21). The summed E-state index contributed by atoms with van der Waals surface area (Å²) in [5.74, 6) is 0.459. The number of rotatable bonds is 7. The lowest BCUT2D eigenvalue weighted by Gasteiger charge is -2.31. The van der Waals surface area contributed by atoms with Crippen molar-refractivity contribution in [1.29, 1.82) is 0 Å². The summed E-state index contributed by atoms with van der Waals surface area (Å²) in [6.07, 6.45) is 2.21. The Balaban J connectivity index is 2.73. The number of carbonyl (C=O) groups excluding carboxylic acids is 1. The van der Waals surface area contributed by atoms with Crippen LogP contribution in [0.5, 0.6) is 0 Å². The number of nitrogens with one attached hydrogen (secondary N) is 1. The van der Waals surface area contributed by atoms with Crippen LogP contribution in [0, 0.1) is 5.92 Å². The lowest BCUT2D eigenvalue weighted by molar-refractivity contribution is 0.0929. The fourth-order valence-corrected chi connectivity index (χ4v) is 3.02. The predicted molar refractivity (Wildman–Crippen MR) is 92.4 cm³/mol. The van der Waals surface area contributed by atoms with Crippen molar-refractivity contribution in [2.24, 2.45) is 5.92 Å². The number of hydrogen-bond donors (Lipinski definition) is 2. The lowest BCUT2D eigenvalue weighted by Crippen LogP contribution is -2.44. The van der Waals surface area contributed by atoms with Crippen molar-refractivity contribution in [3.05, 3.63) is 28.2 Å². The molecule has 3 N–H and O–H groups in total. The van der Waals surface area contributed by atoms with Gasteiger partial charge in [0.1, 0.15) is 0 Å². The first-order chi connectivity index (χ1) is 9.90. The van der Waals surface area contributed by atoms with Crippen LogP contribution in [0.3, 0.4) is 0 Å². The molecule has 5 heteroatoms. The number of hydrogen-bond acceptors (Lipinski definition) is 3. The van der Waals surface area contributed by atoms with E-state index in [4.69, 9.17) is 5.73 Å². The summed E-state index contributed by atoms with van der Waals surface area (Å²) in [6.45, 7) is 5.02. The van der Waals surface area contributed by atoms with Crippen molar-refractivity contribution >= 4 is 27.5 Å². The molecular formula is C16H26BrN3O. The molecule has 0 aliphatic rings. The number of nitrogens with two attached hydrogens (primary N) is 1. The maximum absolute atomic E-state index is 12.3. The molecule has 4 nitrogen and oxygen atoms in total. The van der Waals surface area contributed by atoms with Gasteiger partial charge in [-0.15, -0.1) is 0 Å². The highest BCUT2D eigenvalue weighted by Gasteiger charge is 2.21. The minimum atomic E-state index is -0.113. The fourth-order valence-electron chi connectivity index (χ4n) is 2.64. The molecule has 0 bridgehead atoms. The zero-order chi connectivity index (χ0) is 16.0. The summed E-state index contributed by atoms with van der Waals surface area (Å²) in [4.78, 5) is 14.5. The van der Waals surface area contributed by atoms with Gasteiger partial charge < -0.3 is 16.0 Å². The van der Waals surface area contributed by atoms with Gasteiger partial charge in [0.05, 0.1) is 5.56 Å². The third kappa shape index (κ3) is 5.00. The maximum atomic E-state index is 12.3. The minimum absolute atomic E-state index is 0.113. The Hall–Kier alpha value is -1.07. The Bertz CT molecular complexity index is 473. The summed E-state index contributed by atoms with van der Waals surface area (Å²) in [5, 5.41) is 3.01. The van der Waals surface area contributed by atoms with Crippen LogP contribution >= 0.6 is 15.9 Å². The zero-order valence-corrected chi connectivity index (χ0v) is 14.9. The van der Waals surface area contributed by atoms with Crippen LogP contribution in [-0.2, 0) is 0 Å². The topological polar surface area (TPSA) is 58.4 Å². The van der Waals surface area contributed by atoms with E-state index in [1.54, 1.807) is 12.1 Å². The predicted octanol–water partition coefficient (Wildman–Crippen LogP) is 3.13. The van der Waals surface area contributed by atoms with Crippen LogP contribution in [-0.4, -0.2) is 37.5 Å². The van der Waals surface area contributed by atoms with E-state index in [2.05, 4.69) is 54.1 Å². The summed E-state index contributed by atoms with van der Waals surface area (Å²) in [5.41, 5.74) is 6.92. The van der Waals surface area contributed by atoms with Crippen LogP contribution in [0.15, 0.2) is 22.7 Å². The van der Waals surface area contributed by atoms with Gasteiger partial charge in [-0.05, 0) is 38.2 Å². The molecule has 0 radical (unpaired) electrons. The van der Waals surface area contributed by atoms with Gasteiger partial charge in [-0.1, -0.05) is 42.6 Å². The fraction of sp³-hybridized carbons (Fsp3) is 0.562. The molecule has 0 aliphatic carbocycles. The molecule has 21 heavy (non-hydrogen) atoms. The zero-order valence-electron chi connectivity index (χ0n) is 13.3. The molecule has 0 aromatic heterocycles. The van der Waals surface area contributed by atoms with E-state index in [1.165, 1.54) is 0 Å². The van der Waals surface area contributed by atoms with E-state index in [0.29, 0.717) is 29.8 Å². The van der Waals surface area contributed by atoms with E-state index in [-0.39, 0.29) is 5.91 Å². The van der Waals surface area contributed by atoms with E-state index < -0.39 is 0 Å². The van der Waals surface area contributed by atoms with Crippen molar-refractivity contribution in [3.8, 4) is 0 Å². The molecule has 1 aromatic carbocycles. The van der Waals surface area contributed by atoms with Gasteiger partial charge in [-0.25, -0.2) is 0 Å². The summed E-state index contributed by atoms with van der Waals surface area (Å²) in [7, 11) is 4.12. The molecule has 1 aromatic rings. The highest BCUT2D eigenvalue weighted by atomic mass is 79.9. The van der Waals surface area contributed by atoms with Crippen molar-refractivity contribution in [1.82, 2.24) is 10.2 Å². The third-order valence-corrected chi connectivity index (χ3v) is 4.48. The smallest absolute Gasteiger partial charge is 0.253 e. The molecule has 0 aliphatic heterocycles. The molecule has 1 unspecified atom stereocenters. The van der Waals surface area contributed by atoms with Gasteiger partial charge in [0.25, 0.3) is 5.91 Å². The average molecular weight is 356 g/mol. The Kier molecular flexibility index (Phi) is 7.18. The third-order valence-electron chi connectivity index (χ3n) is 3.99. The van der Waals surface area contributed by atoms with Gasteiger partial charge >= 0.3 is 0 Å². The number of halogens is 1. The molecule has 0 saturated heterocycles. The molecule has 1 atom stereocenters.